The standard InChI is InChI=1S/C19H20N2O4/c1-25-16-8-5-14(6-9-16)19(22)17-13-15(21(23)24)7-10-18(17)20-11-3-2-4-12-20/h5-10,13H,2-4,11-12H2,1H3. The van der Waals surface area contributed by atoms with Crippen LogP contribution in [0.15, 0.2) is 42.5 Å². The maximum Gasteiger partial charge on any atom is 0.270 e. The highest BCUT2D eigenvalue weighted by atomic mass is 16.6. The van der Waals surface area contributed by atoms with Crippen LogP contribution in [0.1, 0.15) is 35.2 Å². The number of nitro benzene ring substituents is 1. The summed E-state index contributed by atoms with van der Waals surface area (Å²) in [6.45, 7) is 1.72. The van der Waals surface area contributed by atoms with Crippen molar-refractivity contribution in [3.63, 3.8) is 0 Å². The number of rotatable bonds is 5. The van der Waals surface area contributed by atoms with Crippen molar-refractivity contribution >= 4 is 17.2 Å². The minimum Gasteiger partial charge on any atom is -0.497 e. The van der Waals surface area contributed by atoms with Crippen molar-refractivity contribution in [3.8, 4) is 5.75 Å². The van der Waals surface area contributed by atoms with Crippen LogP contribution in [0.2, 0.25) is 0 Å². The van der Waals surface area contributed by atoms with Gasteiger partial charge >= 0.3 is 0 Å². The lowest BCUT2D eigenvalue weighted by molar-refractivity contribution is -0.384. The Morgan fingerprint density at radius 3 is 2.36 bits per heavy atom. The highest BCUT2D eigenvalue weighted by Crippen LogP contribution is 2.30. The van der Waals surface area contributed by atoms with Crippen LogP contribution in [0.25, 0.3) is 0 Å². The number of piperidine rings is 1. The van der Waals surface area contributed by atoms with Crippen molar-refractivity contribution in [1.29, 1.82) is 0 Å². The second-order valence-electron chi connectivity index (χ2n) is 6.06. The van der Waals surface area contributed by atoms with E-state index >= 15 is 0 Å². The zero-order valence-corrected chi connectivity index (χ0v) is 14.1. The first kappa shape index (κ1) is 17.0. The molecule has 1 fully saturated rings. The number of carbonyl (C=O) groups excluding carboxylic acids is 1. The second kappa shape index (κ2) is 7.34. The molecule has 0 atom stereocenters. The van der Waals surface area contributed by atoms with Crippen LogP contribution < -0.4 is 9.64 Å². The molecule has 1 aliphatic rings. The summed E-state index contributed by atoms with van der Waals surface area (Å²) in [6.07, 6.45) is 3.30. The molecule has 25 heavy (non-hydrogen) atoms. The Hall–Kier alpha value is -2.89. The fourth-order valence-corrected chi connectivity index (χ4v) is 3.13. The van der Waals surface area contributed by atoms with Gasteiger partial charge < -0.3 is 9.64 Å². The van der Waals surface area contributed by atoms with Gasteiger partial charge in [0.15, 0.2) is 5.78 Å². The molecule has 0 aliphatic carbocycles. The molecule has 1 saturated heterocycles. The smallest absolute Gasteiger partial charge is 0.270 e. The number of carbonyl (C=O) groups is 1. The predicted octanol–water partition coefficient (Wildman–Crippen LogP) is 3.82. The van der Waals surface area contributed by atoms with E-state index in [1.807, 2.05) is 0 Å². The van der Waals surface area contributed by atoms with E-state index in [-0.39, 0.29) is 11.5 Å². The van der Waals surface area contributed by atoms with E-state index in [2.05, 4.69) is 4.90 Å². The van der Waals surface area contributed by atoms with Gasteiger partial charge in [-0.15, -0.1) is 0 Å². The Labute approximate surface area is 146 Å². The van der Waals surface area contributed by atoms with E-state index in [9.17, 15) is 14.9 Å². The molecule has 1 heterocycles. The molecule has 0 aromatic heterocycles. The van der Waals surface area contributed by atoms with Gasteiger partial charge in [0.2, 0.25) is 0 Å². The monoisotopic (exact) mass is 340 g/mol. The summed E-state index contributed by atoms with van der Waals surface area (Å²) < 4.78 is 5.12. The lowest BCUT2D eigenvalue weighted by Gasteiger charge is -2.30. The highest BCUT2D eigenvalue weighted by Gasteiger charge is 2.22. The fourth-order valence-electron chi connectivity index (χ4n) is 3.13. The van der Waals surface area contributed by atoms with Crippen LogP contribution in [-0.4, -0.2) is 30.9 Å². The van der Waals surface area contributed by atoms with E-state index in [4.69, 9.17) is 4.74 Å². The maximum atomic E-state index is 13.0. The van der Waals surface area contributed by atoms with Gasteiger partial charge in [-0.25, -0.2) is 0 Å². The molecule has 0 N–H and O–H groups in total. The van der Waals surface area contributed by atoms with E-state index < -0.39 is 4.92 Å². The Bertz CT molecular complexity index is 781. The Kier molecular flexibility index (Phi) is 4.97. The number of nitro groups is 1. The van der Waals surface area contributed by atoms with Crippen LogP contribution in [0.4, 0.5) is 11.4 Å². The van der Waals surface area contributed by atoms with Crippen LogP contribution in [0.3, 0.4) is 0 Å². The first-order chi connectivity index (χ1) is 12.1. The minimum atomic E-state index is -0.467. The largest absolute Gasteiger partial charge is 0.497 e. The number of benzene rings is 2. The Morgan fingerprint density at radius 1 is 1.08 bits per heavy atom. The summed E-state index contributed by atoms with van der Waals surface area (Å²) in [5.74, 6) is 0.443. The molecular formula is C19H20N2O4. The first-order valence-electron chi connectivity index (χ1n) is 8.32. The number of hydrogen-bond acceptors (Lipinski definition) is 5. The number of non-ortho nitro benzene ring substituents is 1. The SMILES string of the molecule is COc1ccc(C(=O)c2cc([N+](=O)[O-])ccc2N2CCCCC2)cc1. The number of hydrogen-bond donors (Lipinski definition) is 0. The van der Waals surface area contributed by atoms with Crippen molar-refractivity contribution in [3.05, 3.63) is 63.7 Å². The normalized spacial score (nSPS) is 14.2. The number of ether oxygens (including phenoxy) is 1. The Balaban J connectivity index is 2.02. The molecule has 6 heteroatoms. The molecule has 0 bridgehead atoms. The molecule has 130 valence electrons. The van der Waals surface area contributed by atoms with Crippen LogP contribution >= 0.6 is 0 Å². The van der Waals surface area contributed by atoms with Crippen LogP contribution in [-0.2, 0) is 0 Å². The predicted molar refractivity (Wildman–Crippen MR) is 95.6 cm³/mol. The third-order valence-corrected chi connectivity index (χ3v) is 4.48. The third kappa shape index (κ3) is 3.63. The average molecular weight is 340 g/mol. The van der Waals surface area contributed by atoms with Gasteiger partial charge in [-0.3, -0.25) is 14.9 Å². The number of anilines is 1. The number of nitrogens with zero attached hydrogens (tertiary/aromatic N) is 2. The molecule has 2 aromatic rings. The third-order valence-electron chi connectivity index (χ3n) is 4.48. The molecular weight excluding hydrogens is 320 g/mol. The molecule has 0 saturated carbocycles. The molecule has 0 amide bonds. The van der Waals surface area contributed by atoms with Gasteiger partial charge in [0.1, 0.15) is 5.75 Å². The zero-order valence-electron chi connectivity index (χ0n) is 14.1. The average Bonchev–Trinajstić information content (AvgIpc) is 2.67. The van der Waals surface area contributed by atoms with E-state index in [1.165, 1.54) is 18.6 Å². The topological polar surface area (TPSA) is 72.7 Å². The fraction of sp³-hybridized carbons (Fsp3) is 0.316. The quantitative estimate of drug-likeness (QED) is 0.470. The molecule has 1 aliphatic heterocycles. The van der Waals surface area contributed by atoms with E-state index in [0.717, 1.165) is 31.6 Å². The van der Waals surface area contributed by atoms with Crippen molar-refractivity contribution < 1.29 is 14.5 Å². The molecule has 0 radical (unpaired) electrons. The van der Waals surface area contributed by atoms with Gasteiger partial charge in [-0.05, 0) is 49.6 Å². The lowest BCUT2D eigenvalue weighted by Crippen LogP contribution is -2.30. The summed E-state index contributed by atoms with van der Waals surface area (Å²) in [5.41, 5.74) is 1.56. The van der Waals surface area contributed by atoms with Crippen LogP contribution in [0.5, 0.6) is 5.75 Å². The summed E-state index contributed by atoms with van der Waals surface area (Å²) in [4.78, 5) is 25.8. The first-order valence-corrected chi connectivity index (χ1v) is 8.32. The van der Waals surface area contributed by atoms with Gasteiger partial charge in [-0.1, -0.05) is 0 Å². The van der Waals surface area contributed by atoms with Crippen molar-refractivity contribution in [2.24, 2.45) is 0 Å². The zero-order chi connectivity index (χ0) is 17.8. The maximum absolute atomic E-state index is 13.0. The highest BCUT2D eigenvalue weighted by molar-refractivity contribution is 6.12. The molecule has 6 nitrogen and oxygen atoms in total. The van der Waals surface area contributed by atoms with Crippen molar-refractivity contribution in [2.45, 2.75) is 19.3 Å². The number of methoxy groups -OCH3 is 1. The molecule has 3 rings (SSSR count). The van der Waals surface area contributed by atoms with E-state index in [1.54, 1.807) is 37.4 Å². The van der Waals surface area contributed by atoms with Gasteiger partial charge in [0.25, 0.3) is 5.69 Å². The molecule has 0 unspecified atom stereocenters. The lowest BCUT2D eigenvalue weighted by atomic mass is 9.99. The summed E-state index contributed by atoms with van der Waals surface area (Å²) in [7, 11) is 1.56. The van der Waals surface area contributed by atoms with Crippen molar-refractivity contribution in [2.75, 3.05) is 25.1 Å². The molecule has 0 spiro atoms. The van der Waals surface area contributed by atoms with Crippen molar-refractivity contribution in [1.82, 2.24) is 0 Å². The Morgan fingerprint density at radius 2 is 1.76 bits per heavy atom. The summed E-state index contributed by atoms with van der Waals surface area (Å²) in [6, 6.07) is 11.3. The van der Waals surface area contributed by atoms with Crippen LogP contribution in [0, 0.1) is 10.1 Å². The van der Waals surface area contributed by atoms with Gasteiger partial charge in [-0.2, -0.15) is 0 Å². The van der Waals surface area contributed by atoms with Gasteiger partial charge in [0.05, 0.1) is 17.6 Å². The summed E-state index contributed by atoms with van der Waals surface area (Å²) in [5, 5.41) is 11.1. The summed E-state index contributed by atoms with van der Waals surface area (Å²) >= 11 is 0. The second-order valence-corrected chi connectivity index (χ2v) is 6.06. The van der Waals surface area contributed by atoms with E-state index in [0.29, 0.717) is 16.9 Å². The molecule has 2 aromatic carbocycles. The minimum absolute atomic E-state index is 0.0716. The number of ketones is 1. The van der Waals surface area contributed by atoms with Gasteiger partial charge in [0, 0.05) is 36.5 Å².